The predicted molar refractivity (Wildman–Crippen MR) is 114 cm³/mol. The Morgan fingerprint density at radius 3 is 2.62 bits per heavy atom. The number of aromatic nitrogens is 2. The van der Waals surface area contributed by atoms with E-state index in [1.807, 2.05) is 13.8 Å². The van der Waals surface area contributed by atoms with Gasteiger partial charge in [-0.3, -0.25) is 4.79 Å². The zero-order chi connectivity index (χ0) is 20.4. The van der Waals surface area contributed by atoms with Crippen LogP contribution >= 0.6 is 11.3 Å². The van der Waals surface area contributed by atoms with Crippen LogP contribution in [-0.2, 0) is 4.74 Å². The quantitative estimate of drug-likeness (QED) is 0.537. The van der Waals surface area contributed by atoms with Crippen LogP contribution < -0.4 is 20.0 Å². The predicted octanol–water partition coefficient (Wildman–Crippen LogP) is -1.71. The highest BCUT2D eigenvalue weighted by atomic mass is 32.1. The van der Waals surface area contributed by atoms with E-state index in [-0.39, 0.29) is 5.91 Å². The van der Waals surface area contributed by atoms with Gasteiger partial charge in [0.05, 0.1) is 69.8 Å². The molecule has 2 aliphatic heterocycles. The molecule has 2 fully saturated rings. The summed E-state index contributed by atoms with van der Waals surface area (Å²) >= 11 is 1.49. The molecule has 4 heterocycles. The minimum Gasteiger partial charge on any atom is -0.370 e. The number of amides is 1. The van der Waals surface area contributed by atoms with Gasteiger partial charge in [-0.25, -0.2) is 9.97 Å². The number of morpholine rings is 1. The molecule has 0 unspecified atom stereocenters. The zero-order valence-electron chi connectivity index (χ0n) is 17.6. The van der Waals surface area contributed by atoms with Crippen molar-refractivity contribution in [3.05, 3.63) is 16.3 Å². The lowest BCUT2D eigenvalue weighted by molar-refractivity contribution is -0.906. The van der Waals surface area contributed by atoms with Crippen molar-refractivity contribution in [2.75, 3.05) is 77.5 Å². The van der Waals surface area contributed by atoms with Crippen molar-refractivity contribution < 1.29 is 19.3 Å². The van der Waals surface area contributed by atoms with Gasteiger partial charge in [-0.05, 0) is 19.4 Å². The fourth-order valence-electron chi connectivity index (χ4n) is 4.11. The number of nitrogens with one attached hydrogen (secondary N) is 3. The van der Waals surface area contributed by atoms with E-state index in [0.29, 0.717) is 6.54 Å². The summed E-state index contributed by atoms with van der Waals surface area (Å²) < 4.78 is 5.40. The lowest BCUT2D eigenvalue weighted by Crippen LogP contribution is -3.14. The number of fused-ring (bicyclic) bond motifs is 1. The molecule has 158 valence electrons. The number of ether oxygens (including phenoxy) is 1. The van der Waals surface area contributed by atoms with Gasteiger partial charge in [0.2, 0.25) is 0 Å². The molecule has 4 rings (SSSR count). The minimum absolute atomic E-state index is 0.00424. The number of carbonyl (C=O) groups is 1. The fourth-order valence-corrected chi connectivity index (χ4v) is 5.25. The average Bonchev–Trinajstić information content (AvgIpc) is 3.05. The van der Waals surface area contributed by atoms with E-state index in [1.165, 1.54) is 16.2 Å². The van der Waals surface area contributed by atoms with Crippen LogP contribution in [0.3, 0.4) is 0 Å². The van der Waals surface area contributed by atoms with Gasteiger partial charge in [-0.1, -0.05) is 0 Å². The van der Waals surface area contributed by atoms with Crippen LogP contribution in [-0.4, -0.2) is 88.5 Å². The molecular weight excluding hydrogens is 388 g/mol. The van der Waals surface area contributed by atoms with Crippen LogP contribution in [0.15, 0.2) is 0 Å². The Labute approximate surface area is 175 Å². The SMILES string of the molecule is Cc1nc(N2CC[NH+](C)CC2)c2c(C)c(C(=O)NCC[NH+]3CCOCC3)sc2n1. The number of rotatable bonds is 5. The summed E-state index contributed by atoms with van der Waals surface area (Å²) in [7, 11) is 2.23. The molecule has 0 saturated carbocycles. The van der Waals surface area contributed by atoms with Gasteiger partial charge < -0.3 is 24.8 Å². The highest BCUT2D eigenvalue weighted by Gasteiger charge is 2.25. The molecule has 0 atom stereocenters. The van der Waals surface area contributed by atoms with Crippen molar-refractivity contribution in [3.8, 4) is 0 Å². The maximum absolute atomic E-state index is 12.9. The number of hydrogen-bond acceptors (Lipinski definition) is 6. The summed E-state index contributed by atoms with van der Waals surface area (Å²) in [4.78, 5) is 29.4. The fraction of sp³-hybridized carbons (Fsp3) is 0.650. The maximum Gasteiger partial charge on any atom is 0.261 e. The monoisotopic (exact) mass is 420 g/mol. The summed E-state index contributed by atoms with van der Waals surface area (Å²) in [5.74, 6) is 1.76. The van der Waals surface area contributed by atoms with E-state index in [4.69, 9.17) is 9.72 Å². The largest absolute Gasteiger partial charge is 0.370 e. The number of carbonyl (C=O) groups excluding carboxylic acids is 1. The summed E-state index contributed by atoms with van der Waals surface area (Å²) in [6, 6.07) is 0. The van der Waals surface area contributed by atoms with E-state index in [9.17, 15) is 4.79 Å². The molecule has 2 aromatic heterocycles. The van der Waals surface area contributed by atoms with E-state index in [1.54, 1.807) is 4.90 Å². The van der Waals surface area contributed by atoms with Crippen LogP contribution in [0.25, 0.3) is 10.2 Å². The first-order valence-corrected chi connectivity index (χ1v) is 11.4. The Bertz CT molecular complexity index is 871. The highest BCUT2D eigenvalue weighted by molar-refractivity contribution is 7.20. The second kappa shape index (κ2) is 8.91. The molecule has 0 aromatic carbocycles. The van der Waals surface area contributed by atoms with Gasteiger partial charge >= 0.3 is 0 Å². The first-order valence-electron chi connectivity index (χ1n) is 10.6. The van der Waals surface area contributed by atoms with E-state index < -0.39 is 0 Å². The first kappa shape index (κ1) is 20.5. The highest BCUT2D eigenvalue weighted by Crippen LogP contribution is 2.35. The number of thiophene rings is 1. The lowest BCUT2D eigenvalue weighted by atomic mass is 10.1. The standard InChI is InChI=1S/C20H30N6O2S/c1-14-16-18(26-8-6-24(3)7-9-26)22-15(2)23-20(16)29-17(14)19(27)21-4-5-25-10-12-28-13-11-25/h4-13H2,1-3H3,(H,21,27)/p+2. The van der Waals surface area contributed by atoms with Crippen LogP contribution in [0, 0.1) is 13.8 Å². The Kier molecular flexibility index (Phi) is 6.29. The topological polar surface area (TPSA) is 76.2 Å². The number of nitrogens with zero attached hydrogens (tertiary/aromatic N) is 3. The second-order valence-electron chi connectivity index (χ2n) is 8.14. The third-order valence-electron chi connectivity index (χ3n) is 5.97. The van der Waals surface area contributed by atoms with Gasteiger partial charge in [-0.15, -0.1) is 11.3 Å². The molecule has 2 aliphatic rings. The third-order valence-corrected chi connectivity index (χ3v) is 7.15. The van der Waals surface area contributed by atoms with Gasteiger partial charge in [0.15, 0.2) is 0 Å². The molecule has 1 amide bonds. The van der Waals surface area contributed by atoms with Crippen LogP contribution in [0.5, 0.6) is 0 Å². The van der Waals surface area contributed by atoms with Crippen molar-refractivity contribution in [3.63, 3.8) is 0 Å². The molecule has 0 radical (unpaired) electrons. The molecule has 29 heavy (non-hydrogen) atoms. The molecular formula is C20H32N6O2S+2. The van der Waals surface area contributed by atoms with Gasteiger partial charge in [0.25, 0.3) is 5.91 Å². The van der Waals surface area contributed by atoms with Crippen molar-refractivity contribution >= 4 is 33.3 Å². The number of likely N-dealkylation sites (N-methyl/N-ethyl adjacent to an activating group) is 1. The first-order chi connectivity index (χ1) is 14.0. The van der Waals surface area contributed by atoms with E-state index >= 15 is 0 Å². The number of hydrogen-bond donors (Lipinski definition) is 3. The second-order valence-corrected chi connectivity index (χ2v) is 9.14. The summed E-state index contributed by atoms with van der Waals surface area (Å²) in [6.45, 7) is 13.4. The van der Waals surface area contributed by atoms with Crippen LogP contribution in [0.1, 0.15) is 21.1 Å². The Balaban J connectivity index is 1.52. The third kappa shape index (κ3) is 4.53. The molecule has 0 spiro atoms. The number of piperazine rings is 1. The van der Waals surface area contributed by atoms with Crippen molar-refractivity contribution in [1.82, 2.24) is 15.3 Å². The average molecular weight is 421 g/mol. The van der Waals surface area contributed by atoms with Gasteiger partial charge in [-0.2, -0.15) is 0 Å². The van der Waals surface area contributed by atoms with Gasteiger partial charge in [0, 0.05) is 0 Å². The van der Waals surface area contributed by atoms with Crippen LogP contribution in [0.2, 0.25) is 0 Å². The Morgan fingerprint density at radius 2 is 1.90 bits per heavy atom. The summed E-state index contributed by atoms with van der Waals surface area (Å²) in [5, 5.41) is 4.16. The normalized spacial score (nSPS) is 19.1. The van der Waals surface area contributed by atoms with Crippen molar-refractivity contribution in [2.24, 2.45) is 0 Å². The minimum atomic E-state index is 0.00424. The van der Waals surface area contributed by atoms with E-state index in [0.717, 1.165) is 91.3 Å². The lowest BCUT2D eigenvalue weighted by Gasteiger charge is -2.31. The van der Waals surface area contributed by atoms with E-state index in [2.05, 4.69) is 22.2 Å². The van der Waals surface area contributed by atoms with Crippen molar-refractivity contribution in [2.45, 2.75) is 13.8 Å². The Hall–Kier alpha value is -1.81. The van der Waals surface area contributed by atoms with Gasteiger partial charge in [0.1, 0.15) is 29.6 Å². The molecule has 9 heteroatoms. The molecule has 8 nitrogen and oxygen atoms in total. The molecule has 2 saturated heterocycles. The number of quaternary nitrogens is 2. The Morgan fingerprint density at radius 1 is 1.17 bits per heavy atom. The molecule has 2 aromatic rings. The maximum atomic E-state index is 12.9. The zero-order valence-corrected chi connectivity index (χ0v) is 18.5. The molecule has 3 N–H and O–H groups in total. The summed E-state index contributed by atoms with van der Waals surface area (Å²) in [5.41, 5.74) is 1.00. The number of anilines is 1. The van der Waals surface area contributed by atoms with Crippen LogP contribution in [0.4, 0.5) is 5.82 Å². The number of aryl methyl sites for hydroxylation is 2. The van der Waals surface area contributed by atoms with Crippen molar-refractivity contribution in [1.29, 1.82) is 0 Å². The molecule has 0 bridgehead atoms. The molecule has 0 aliphatic carbocycles. The summed E-state index contributed by atoms with van der Waals surface area (Å²) in [6.07, 6.45) is 0. The smallest absolute Gasteiger partial charge is 0.261 e.